The first kappa shape index (κ1) is 13.5. The number of pyridine rings is 1. The minimum absolute atomic E-state index is 0.00902. The summed E-state index contributed by atoms with van der Waals surface area (Å²) in [6.07, 6.45) is 2.62. The van der Waals surface area contributed by atoms with E-state index in [1.165, 1.54) is 12.1 Å². The Morgan fingerprint density at radius 2 is 2.16 bits per heavy atom. The molecular weight excluding hydrogens is 248 g/mol. The molecule has 1 aliphatic rings. The predicted molar refractivity (Wildman–Crippen MR) is 72.3 cm³/mol. The van der Waals surface area contributed by atoms with Gasteiger partial charge in [-0.3, -0.25) is 10.1 Å². The molecule has 2 rings (SSSR count). The van der Waals surface area contributed by atoms with Crippen LogP contribution in [0.4, 0.5) is 17.3 Å². The fraction of sp³-hybridized carbons (Fsp3) is 0.583. The van der Waals surface area contributed by atoms with Gasteiger partial charge < -0.3 is 15.7 Å². The van der Waals surface area contributed by atoms with Crippen LogP contribution in [0.1, 0.15) is 26.2 Å². The van der Waals surface area contributed by atoms with E-state index in [2.05, 4.69) is 15.6 Å². The normalized spacial score (nSPS) is 15.9. The lowest BCUT2D eigenvalue weighted by Gasteiger charge is -2.15. The van der Waals surface area contributed by atoms with Gasteiger partial charge in [-0.2, -0.15) is 0 Å². The van der Waals surface area contributed by atoms with Crippen molar-refractivity contribution in [2.75, 3.05) is 23.8 Å². The number of anilines is 2. The molecule has 0 aliphatic heterocycles. The first-order valence-corrected chi connectivity index (χ1v) is 6.38. The Labute approximate surface area is 111 Å². The van der Waals surface area contributed by atoms with Gasteiger partial charge in [-0.1, -0.05) is 6.92 Å². The van der Waals surface area contributed by atoms with E-state index in [4.69, 9.17) is 0 Å². The standard InChI is InChI=1S/C12H18N4O3/c1-2-5-13-10-6-9(16(18)19)7-11(14-10)15-12(8-17)3-4-12/h6-7,17H,2-5,8H2,1H3,(H2,13,14,15). The van der Waals surface area contributed by atoms with Crippen LogP contribution in [0.5, 0.6) is 0 Å². The number of nitro groups is 1. The molecule has 0 atom stereocenters. The highest BCUT2D eigenvalue weighted by atomic mass is 16.6. The molecule has 0 aromatic carbocycles. The van der Waals surface area contributed by atoms with Gasteiger partial charge >= 0.3 is 0 Å². The van der Waals surface area contributed by atoms with Gasteiger partial charge in [0.1, 0.15) is 11.6 Å². The number of aliphatic hydroxyl groups excluding tert-OH is 1. The molecule has 0 bridgehead atoms. The summed E-state index contributed by atoms with van der Waals surface area (Å²) in [7, 11) is 0. The first-order valence-electron chi connectivity index (χ1n) is 6.38. The fourth-order valence-corrected chi connectivity index (χ4v) is 1.77. The summed E-state index contributed by atoms with van der Waals surface area (Å²) in [5.74, 6) is 0.909. The molecule has 3 N–H and O–H groups in total. The van der Waals surface area contributed by atoms with Crippen molar-refractivity contribution in [1.82, 2.24) is 4.98 Å². The molecule has 19 heavy (non-hydrogen) atoms. The number of hydrogen-bond acceptors (Lipinski definition) is 6. The lowest BCUT2D eigenvalue weighted by molar-refractivity contribution is -0.384. The van der Waals surface area contributed by atoms with Gasteiger partial charge in [0.05, 0.1) is 29.2 Å². The van der Waals surface area contributed by atoms with Crippen LogP contribution in [-0.2, 0) is 0 Å². The minimum Gasteiger partial charge on any atom is -0.394 e. The predicted octanol–water partition coefficient (Wildman–Crippen LogP) is 1.75. The molecule has 1 heterocycles. The van der Waals surface area contributed by atoms with Gasteiger partial charge in [0.2, 0.25) is 0 Å². The Morgan fingerprint density at radius 3 is 2.68 bits per heavy atom. The van der Waals surface area contributed by atoms with Gasteiger partial charge in [0.25, 0.3) is 5.69 Å². The lowest BCUT2D eigenvalue weighted by Crippen LogP contribution is -2.26. The smallest absolute Gasteiger partial charge is 0.276 e. The van der Waals surface area contributed by atoms with E-state index in [9.17, 15) is 15.2 Å². The molecule has 104 valence electrons. The van der Waals surface area contributed by atoms with E-state index < -0.39 is 4.92 Å². The number of hydrogen-bond donors (Lipinski definition) is 3. The molecule has 0 saturated heterocycles. The van der Waals surface area contributed by atoms with E-state index >= 15 is 0 Å². The van der Waals surface area contributed by atoms with E-state index in [0.717, 1.165) is 19.3 Å². The van der Waals surface area contributed by atoms with Crippen LogP contribution in [0.3, 0.4) is 0 Å². The molecule has 0 amide bonds. The summed E-state index contributed by atoms with van der Waals surface area (Å²) in [4.78, 5) is 14.7. The average Bonchev–Trinajstić information content (AvgIpc) is 3.16. The van der Waals surface area contributed by atoms with Gasteiger partial charge in [-0.05, 0) is 19.3 Å². The minimum atomic E-state index is -0.442. The monoisotopic (exact) mass is 266 g/mol. The largest absolute Gasteiger partial charge is 0.394 e. The first-order chi connectivity index (χ1) is 9.08. The van der Waals surface area contributed by atoms with Gasteiger partial charge in [-0.15, -0.1) is 0 Å². The Morgan fingerprint density at radius 1 is 1.47 bits per heavy atom. The zero-order valence-corrected chi connectivity index (χ0v) is 10.8. The SMILES string of the molecule is CCCNc1cc([N+](=O)[O-])cc(NC2(CO)CC2)n1. The highest BCUT2D eigenvalue weighted by molar-refractivity contribution is 5.56. The molecule has 1 aromatic rings. The van der Waals surface area contributed by atoms with Crippen LogP contribution < -0.4 is 10.6 Å². The molecule has 0 spiro atoms. The van der Waals surface area contributed by atoms with Gasteiger partial charge in [0, 0.05) is 6.54 Å². The van der Waals surface area contributed by atoms with Crippen LogP contribution >= 0.6 is 0 Å². The van der Waals surface area contributed by atoms with Crippen LogP contribution in [0.15, 0.2) is 12.1 Å². The van der Waals surface area contributed by atoms with Crippen LogP contribution in [0.25, 0.3) is 0 Å². The van der Waals surface area contributed by atoms with E-state index in [1.54, 1.807) is 0 Å². The van der Waals surface area contributed by atoms with Gasteiger partial charge in [0.15, 0.2) is 0 Å². The highest BCUT2D eigenvalue weighted by Gasteiger charge is 2.42. The number of nitrogens with zero attached hydrogens (tertiary/aromatic N) is 2. The molecule has 1 saturated carbocycles. The van der Waals surface area contributed by atoms with Crippen molar-refractivity contribution >= 4 is 17.3 Å². The number of aliphatic hydroxyl groups is 1. The van der Waals surface area contributed by atoms with Crippen molar-refractivity contribution in [2.24, 2.45) is 0 Å². The Bertz CT molecular complexity index is 474. The third-order valence-electron chi connectivity index (χ3n) is 3.13. The average molecular weight is 266 g/mol. The zero-order valence-electron chi connectivity index (χ0n) is 10.8. The maximum absolute atomic E-state index is 10.9. The molecule has 1 aliphatic carbocycles. The molecular formula is C12H18N4O3. The third-order valence-corrected chi connectivity index (χ3v) is 3.13. The molecule has 7 nitrogen and oxygen atoms in total. The molecule has 1 aromatic heterocycles. The summed E-state index contributed by atoms with van der Waals surface area (Å²) < 4.78 is 0. The second-order valence-electron chi connectivity index (χ2n) is 4.84. The van der Waals surface area contributed by atoms with Crippen molar-refractivity contribution < 1.29 is 10.0 Å². The quantitative estimate of drug-likeness (QED) is 0.513. The summed E-state index contributed by atoms with van der Waals surface area (Å²) in [6, 6.07) is 2.81. The molecule has 0 radical (unpaired) electrons. The summed E-state index contributed by atoms with van der Waals surface area (Å²) in [5, 5.41) is 26.3. The van der Waals surface area contributed by atoms with Crippen molar-refractivity contribution in [3.8, 4) is 0 Å². The summed E-state index contributed by atoms with van der Waals surface area (Å²) in [6.45, 7) is 2.72. The molecule has 7 heteroatoms. The zero-order chi connectivity index (χ0) is 13.9. The van der Waals surface area contributed by atoms with Crippen molar-refractivity contribution in [2.45, 2.75) is 31.7 Å². The second-order valence-corrected chi connectivity index (χ2v) is 4.84. The molecule has 0 unspecified atom stereocenters. The van der Waals surface area contributed by atoms with Crippen LogP contribution in [-0.4, -0.2) is 33.7 Å². The molecule has 1 fully saturated rings. The fourth-order valence-electron chi connectivity index (χ4n) is 1.77. The van der Waals surface area contributed by atoms with E-state index in [0.29, 0.717) is 18.2 Å². The maximum Gasteiger partial charge on any atom is 0.276 e. The Kier molecular flexibility index (Phi) is 3.84. The Balaban J connectivity index is 2.21. The van der Waals surface area contributed by atoms with Gasteiger partial charge in [-0.25, -0.2) is 4.98 Å². The van der Waals surface area contributed by atoms with E-state index in [-0.39, 0.29) is 17.8 Å². The third kappa shape index (κ3) is 3.31. The van der Waals surface area contributed by atoms with Crippen molar-refractivity contribution in [1.29, 1.82) is 0 Å². The van der Waals surface area contributed by atoms with Crippen LogP contribution in [0.2, 0.25) is 0 Å². The van der Waals surface area contributed by atoms with Crippen LogP contribution in [0, 0.1) is 10.1 Å². The topological polar surface area (TPSA) is 100 Å². The maximum atomic E-state index is 10.9. The highest BCUT2D eigenvalue weighted by Crippen LogP contribution is 2.38. The second kappa shape index (κ2) is 5.40. The van der Waals surface area contributed by atoms with E-state index in [1.807, 2.05) is 6.92 Å². The summed E-state index contributed by atoms with van der Waals surface area (Å²) >= 11 is 0. The number of nitrogens with one attached hydrogen (secondary N) is 2. The van der Waals surface area contributed by atoms with Crippen molar-refractivity contribution in [3.05, 3.63) is 22.2 Å². The van der Waals surface area contributed by atoms with Crippen molar-refractivity contribution in [3.63, 3.8) is 0 Å². The number of aromatic nitrogens is 1. The Hall–Kier alpha value is -1.89. The lowest BCUT2D eigenvalue weighted by atomic mass is 10.3. The number of rotatable bonds is 7. The summed E-state index contributed by atoms with van der Waals surface area (Å²) in [5.41, 5.74) is -0.352.